The topological polar surface area (TPSA) is 0 Å². The predicted octanol–water partition coefficient (Wildman–Crippen LogP) is 0.474. The number of rotatable bonds is 2. The van der Waals surface area contributed by atoms with Crippen molar-refractivity contribution in [2.75, 3.05) is 0 Å². The van der Waals surface area contributed by atoms with E-state index in [1.807, 2.05) is 0 Å². The Morgan fingerprint density at radius 2 is 2.33 bits per heavy atom. The maximum atomic E-state index is 3.64. The first-order valence-electron chi connectivity index (χ1n) is 1.55. The molecule has 0 aliphatic rings. The number of allylic oxidation sites excluding steroid dienone is 2. The summed E-state index contributed by atoms with van der Waals surface area (Å²) in [5.74, 6) is 0. The lowest BCUT2D eigenvalue weighted by Gasteiger charge is -1.81. The van der Waals surface area contributed by atoms with Crippen molar-refractivity contribution in [1.82, 2.24) is 0 Å². The van der Waals surface area contributed by atoms with Crippen LogP contribution in [0.2, 0.25) is 0 Å². The van der Waals surface area contributed by atoms with E-state index in [1.165, 1.54) is 0 Å². The first-order valence-corrected chi connectivity index (χ1v) is 4.05. The lowest BCUT2D eigenvalue weighted by Crippen LogP contribution is -1.87. The third kappa shape index (κ3) is 2.17. The molecule has 0 nitrogen and oxygen atoms in total. The molecule has 0 atom stereocenters. The largest absolute Gasteiger partial charge is 0.101 e. The fraction of sp³-hybridized carbons (Fsp3) is 0. The van der Waals surface area contributed by atoms with Gasteiger partial charge in [0.1, 0.15) is 0 Å². The molecule has 29 valence electrons. The average Bonchev–Trinajstić information content (AvgIpc) is 1.65. The summed E-state index contributed by atoms with van der Waals surface area (Å²) in [4.78, 5) is 0. The maximum absolute atomic E-state index is 3.64. The molecule has 0 saturated heterocycles. The SMILES string of the molecule is C=CC(=C)[Si][Si]. The first kappa shape index (κ1) is 5.91. The molecule has 5 radical (unpaired) electrons. The third-order valence-electron chi connectivity index (χ3n) is 0.407. The van der Waals surface area contributed by atoms with Crippen LogP contribution in [0.3, 0.4) is 0 Å². The van der Waals surface area contributed by atoms with Crippen molar-refractivity contribution in [2.45, 2.75) is 0 Å². The second-order valence-electron chi connectivity index (χ2n) is 0.854. The molecule has 0 aromatic carbocycles. The van der Waals surface area contributed by atoms with Gasteiger partial charge in [0.25, 0.3) is 0 Å². The Morgan fingerprint density at radius 1 is 1.83 bits per heavy atom. The van der Waals surface area contributed by atoms with E-state index in [0.29, 0.717) is 9.04 Å². The van der Waals surface area contributed by atoms with E-state index in [-0.39, 0.29) is 0 Å². The molecule has 0 amide bonds. The van der Waals surface area contributed by atoms with Gasteiger partial charge in [0.2, 0.25) is 0 Å². The van der Waals surface area contributed by atoms with Gasteiger partial charge in [-0.1, -0.05) is 17.9 Å². The highest BCUT2D eigenvalue weighted by molar-refractivity contribution is 6.94. The first-order chi connectivity index (χ1) is 2.81. The molecule has 0 heterocycles. The molecular weight excluding hydrogens is 104 g/mol. The quantitative estimate of drug-likeness (QED) is 0.357. The predicted molar refractivity (Wildman–Crippen MR) is 30.8 cm³/mol. The summed E-state index contributed by atoms with van der Waals surface area (Å²) in [5.41, 5.74) is 0. The summed E-state index contributed by atoms with van der Waals surface area (Å²) in [6, 6.07) is 0. The summed E-state index contributed by atoms with van der Waals surface area (Å²) in [5, 5.41) is 1.05. The third-order valence-corrected chi connectivity index (χ3v) is 1.90. The second-order valence-corrected chi connectivity index (χ2v) is 2.50. The number of hydrogen-bond donors (Lipinski definition) is 0. The minimum absolute atomic E-state index is 0.625. The van der Waals surface area contributed by atoms with Gasteiger partial charge in [-0.15, -0.1) is 6.58 Å². The normalized spacial score (nSPS) is 7.50. The zero-order valence-corrected chi connectivity index (χ0v) is 5.49. The van der Waals surface area contributed by atoms with Gasteiger partial charge in [0.15, 0.2) is 0 Å². The van der Waals surface area contributed by atoms with Crippen LogP contribution in [0, 0.1) is 0 Å². The van der Waals surface area contributed by atoms with E-state index in [9.17, 15) is 0 Å². The van der Waals surface area contributed by atoms with Gasteiger partial charge in [-0.25, -0.2) is 0 Å². The van der Waals surface area contributed by atoms with Crippen molar-refractivity contribution in [3.05, 3.63) is 24.4 Å². The molecule has 0 saturated carbocycles. The Morgan fingerprint density at radius 3 is 2.33 bits per heavy atom. The van der Waals surface area contributed by atoms with Crippen LogP contribution in [-0.4, -0.2) is 18.8 Å². The van der Waals surface area contributed by atoms with Crippen molar-refractivity contribution >= 4 is 18.8 Å². The molecule has 0 aliphatic heterocycles. The lowest BCUT2D eigenvalue weighted by atomic mass is 10.6. The fourth-order valence-corrected chi connectivity index (χ4v) is 0.459. The summed E-state index contributed by atoms with van der Waals surface area (Å²) >= 11 is 0. The van der Waals surface area contributed by atoms with Crippen molar-refractivity contribution in [3.8, 4) is 0 Å². The molecule has 0 aromatic rings. The van der Waals surface area contributed by atoms with Gasteiger partial charge in [-0.2, -0.15) is 0 Å². The van der Waals surface area contributed by atoms with Gasteiger partial charge in [0.05, 0.1) is 9.04 Å². The molecule has 0 bridgehead atoms. The highest BCUT2D eigenvalue weighted by atomic mass is 29.1. The molecule has 0 fully saturated rings. The molecule has 0 N–H and O–H groups in total. The van der Waals surface area contributed by atoms with Crippen molar-refractivity contribution in [2.24, 2.45) is 0 Å². The molecular formula is C4H5Si2. The van der Waals surface area contributed by atoms with Gasteiger partial charge >= 0.3 is 0 Å². The van der Waals surface area contributed by atoms with E-state index in [2.05, 4.69) is 22.9 Å². The Labute approximate surface area is 44.0 Å². The van der Waals surface area contributed by atoms with Crippen LogP contribution >= 0.6 is 0 Å². The van der Waals surface area contributed by atoms with Gasteiger partial charge in [-0.3, -0.25) is 0 Å². The van der Waals surface area contributed by atoms with Crippen LogP contribution in [0.5, 0.6) is 0 Å². The summed E-state index contributed by atoms with van der Waals surface area (Å²) in [6.45, 7) is 7.15. The molecule has 0 unspecified atom stereocenters. The Hall–Kier alpha value is -0.0862. The smallest absolute Gasteiger partial charge is 0.0595 e. The van der Waals surface area contributed by atoms with Crippen molar-refractivity contribution in [3.63, 3.8) is 0 Å². The summed E-state index contributed by atoms with van der Waals surface area (Å²) in [6.07, 6.45) is 1.74. The second kappa shape index (κ2) is 3.12. The molecule has 0 aliphatic carbocycles. The van der Waals surface area contributed by atoms with E-state index in [1.54, 1.807) is 6.08 Å². The fourth-order valence-electron chi connectivity index (χ4n) is 0.0510. The van der Waals surface area contributed by atoms with Gasteiger partial charge in [0, 0.05) is 9.76 Å². The van der Waals surface area contributed by atoms with E-state index >= 15 is 0 Å². The highest BCUT2D eigenvalue weighted by Crippen LogP contribution is 1.80. The summed E-state index contributed by atoms with van der Waals surface area (Å²) < 4.78 is 0. The monoisotopic (exact) mass is 109 g/mol. The molecule has 0 aromatic heterocycles. The van der Waals surface area contributed by atoms with Crippen LogP contribution in [0.25, 0.3) is 0 Å². The van der Waals surface area contributed by atoms with Crippen molar-refractivity contribution in [1.29, 1.82) is 0 Å². The Balaban J connectivity index is 3.23. The van der Waals surface area contributed by atoms with E-state index < -0.39 is 0 Å². The van der Waals surface area contributed by atoms with Crippen LogP contribution < -0.4 is 0 Å². The van der Waals surface area contributed by atoms with E-state index in [4.69, 9.17) is 0 Å². The zero-order valence-electron chi connectivity index (χ0n) is 3.49. The van der Waals surface area contributed by atoms with E-state index in [0.717, 1.165) is 5.20 Å². The van der Waals surface area contributed by atoms with Crippen LogP contribution in [0.15, 0.2) is 24.4 Å². The average molecular weight is 109 g/mol. The van der Waals surface area contributed by atoms with Crippen LogP contribution in [-0.2, 0) is 0 Å². The molecule has 6 heavy (non-hydrogen) atoms. The van der Waals surface area contributed by atoms with Gasteiger partial charge < -0.3 is 0 Å². The standard InChI is InChI=1S/C4H5Si2/c1-3-4(2)6-5/h3H,1-2H2. The molecule has 0 spiro atoms. The van der Waals surface area contributed by atoms with Crippen LogP contribution in [0.4, 0.5) is 0 Å². The maximum Gasteiger partial charge on any atom is 0.0595 e. The van der Waals surface area contributed by atoms with Gasteiger partial charge in [-0.05, 0) is 0 Å². The minimum atomic E-state index is 0.625. The lowest BCUT2D eigenvalue weighted by molar-refractivity contribution is 2.02. The summed E-state index contributed by atoms with van der Waals surface area (Å²) in [7, 11) is 3.90. The Kier molecular flexibility index (Phi) is 3.07. The highest BCUT2D eigenvalue weighted by Gasteiger charge is 1.75. The zero-order chi connectivity index (χ0) is 4.99. The molecule has 0 rings (SSSR count). The van der Waals surface area contributed by atoms with Crippen LogP contribution in [0.1, 0.15) is 0 Å². The molecule has 2 heteroatoms. The minimum Gasteiger partial charge on any atom is -0.101 e. The van der Waals surface area contributed by atoms with Crippen molar-refractivity contribution < 1.29 is 0 Å². The number of hydrogen-bond acceptors (Lipinski definition) is 0. The Bertz CT molecular complexity index is 65.9.